The van der Waals surface area contributed by atoms with Crippen molar-refractivity contribution >= 4 is 34.9 Å². The number of benzene rings is 1. The molecule has 0 spiro atoms. The Hall–Kier alpha value is -2.75. The number of fused-ring (bicyclic) bond motifs is 1. The van der Waals surface area contributed by atoms with E-state index in [0.717, 1.165) is 18.9 Å². The van der Waals surface area contributed by atoms with Gasteiger partial charge in [0.1, 0.15) is 5.82 Å². The van der Waals surface area contributed by atoms with Gasteiger partial charge < -0.3 is 25.0 Å². The Balaban J connectivity index is 1.64. The number of anilines is 1. The molecule has 3 heterocycles. The summed E-state index contributed by atoms with van der Waals surface area (Å²) in [5.74, 6) is -2.69. The Labute approximate surface area is 188 Å². The Kier molecular flexibility index (Phi) is 6.32. The summed E-state index contributed by atoms with van der Waals surface area (Å²) in [6.45, 7) is 2.36. The lowest BCUT2D eigenvalue weighted by Gasteiger charge is -2.19. The number of aliphatic hydroxyl groups is 1. The van der Waals surface area contributed by atoms with Gasteiger partial charge >= 0.3 is 0 Å². The van der Waals surface area contributed by atoms with E-state index in [1.54, 1.807) is 11.5 Å². The van der Waals surface area contributed by atoms with Gasteiger partial charge in [-0.05, 0) is 49.9 Å². The summed E-state index contributed by atoms with van der Waals surface area (Å²) in [6.07, 6.45) is 1.36. The van der Waals surface area contributed by atoms with E-state index in [2.05, 4.69) is 10.6 Å². The van der Waals surface area contributed by atoms with Crippen LogP contribution in [0.4, 0.5) is 10.1 Å². The van der Waals surface area contributed by atoms with Crippen molar-refractivity contribution in [2.24, 2.45) is 0 Å². The van der Waals surface area contributed by atoms with Crippen LogP contribution in [0.3, 0.4) is 0 Å². The van der Waals surface area contributed by atoms with Gasteiger partial charge in [0.05, 0.1) is 41.6 Å². The number of hydrogen-bond donors (Lipinski definition) is 3. The van der Waals surface area contributed by atoms with Crippen LogP contribution in [0.5, 0.6) is 0 Å². The zero-order valence-corrected chi connectivity index (χ0v) is 18.2. The fourth-order valence-electron chi connectivity index (χ4n) is 4.26. The number of halogens is 2. The predicted octanol–water partition coefficient (Wildman–Crippen LogP) is 2.24. The largest absolute Gasteiger partial charge is 0.388 e. The highest BCUT2D eigenvalue weighted by atomic mass is 35.5. The molecule has 0 saturated carbocycles. The van der Waals surface area contributed by atoms with Crippen molar-refractivity contribution in [1.82, 2.24) is 9.88 Å². The van der Waals surface area contributed by atoms with Gasteiger partial charge in [0, 0.05) is 17.9 Å². The lowest BCUT2D eigenvalue weighted by atomic mass is 10.0. The summed E-state index contributed by atoms with van der Waals surface area (Å²) in [5, 5.41) is 14.9. The van der Waals surface area contributed by atoms with Gasteiger partial charge in [0.15, 0.2) is 0 Å². The minimum Gasteiger partial charge on any atom is -0.388 e. The van der Waals surface area contributed by atoms with E-state index in [1.165, 1.54) is 12.1 Å². The molecule has 10 heteroatoms. The summed E-state index contributed by atoms with van der Waals surface area (Å²) in [6, 6.07) is 3.20. The van der Waals surface area contributed by atoms with Gasteiger partial charge in [0.2, 0.25) is 0 Å². The molecule has 2 aromatic rings. The second kappa shape index (κ2) is 9.01. The molecule has 3 N–H and O–H groups in total. The highest BCUT2D eigenvalue weighted by Gasteiger charge is 2.35. The van der Waals surface area contributed by atoms with Crippen LogP contribution in [0, 0.1) is 12.7 Å². The number of nitrogens with zero attached hydrogens (tertiary/aromatic N) is 1. The van der Waals surface area contributed by atoms with Gasteiger partial charge in [-0.25, -0.2) is 4.39 Å². The van der Waals surface area contributed by atoms with E-state index in [0.29, 0.717) is 35.5 Å². The summed E-state index contributed by atoms with van der Waals surface area (Å²) in [5.41, 5.74) is 1.88. The van der Waals surface area contributed by atoms with Gasteiger partial charge in [0.25, 0.3) is 17.6 Å². The number of ether oxygens (including phenoxy) is 1. The van der Waals surface area contributed by atoms with Crippen LogP contribution in [0.25, 0.3) is 0 Å². The lowest BCUT2D eigenvalue weighted by molar-refractivity contribution is -0.118. The van der Waals surface area contributed by atoms with Crippen molar-refractivity contribution in [2.45, 2.75) is 44.9 Å². The molecule has 1 aromatic carbocycles. The number of rotatable bonds is 5. The number of hydrogen-bond acceptors (Lipinski definition) is 5. The number of carbonyl (C=O) groups is 3. The number of aromatic nitrogens is 1. The third-order valence-electron chi connectivity index (χ3n) is 5.85. The number of Topliss-reactive ketones (excluding diaryl/α,β-unsaturated/α-hetero) is 1. The standard InChI is InChI=1S/C22H23ClFN3O5/c1-11-18(21(30)25-12-5-6-14(24)13(23)8-12)16-4-2-3-7-27(16)19(11)20(29)22(31)26-15-9-32-10-17(15)28/h5-6,8,15,17,28H,2-4,7,9-10H2,1H3,(H,25,30)(H,26,31)/t15-,17-/m0/s1. The molecule has 0 aliphatic carbocycles. The summed E-state index contributed by atoms with van der Waals surface area (Å²) < 4.78 is 20.3. The number of aliphatic hydroxyl groups excluding tert-OH is 1. The van der Waals surface area contributed by atoms with Crippen molar-refractivity contribution < 1.29 is 28.6 Å². The van der Waals surface area contributed by atoms with Crippen LogP contribution in [0.1, 0.15) is 44.9 Å². The smallest absolute Gasteiger partial charge is 0.294 e. The molecule has 4 rings (SSSR count). The molecule has 32 heavy (non-hydrogen) atoms. The zero-order valence-electron chi connectivity index (χ0n) is 17.4. The monoisotopic (exact) mass is 463 g/mol. The maximum absolute atomic E-state index is 13.4. The average molecular weight is 464 g/mol. The van der Waals surface area contributed by atoms with Gasteiger partial charge in [-0.3, -0.25) is 14.4 Å². The molecule has 8 nitrogen and oxygen atoms in total. The zero-order chi connectivity index (χ0) is 23.0. The molecule has 2 amide bonds. The summed E-state index contributed by atoms with van der Waals surface area (Å²) >= 11 is 5.80. The second-order valence-corrected chi connectivity index (χ2v) is 8.41. The molecule has 1 saturated heterocycles. The predicted molar refractivity (Wildman–Crippen MR) is 115 cm³/mol. The molecule has 0 unspecified atom stereocenters. The first-order valence-electron chi connectivity index (χ1n) is 10.4. The molecule has 170 valence electrons. The fourth-order valence-corrected chi connectivity index (χ4v) is 4.44. The normalized spacial score (nSPS) is 20.0. The first kappa shape index (κ1) is 22.4. The molecular formula is C22H23ClFN3O5. The Morgan fingerprint density at radius 3 is 2.72 bits per heavy atom. The van der Waals surface area contributed by atoms with E-state index < -0.39 is 35.6 Å². The van der Waals surface area contributed by atoms with Crippen LogP contribution in [-0.4, -0.2) is 52.6 Å². The van der Waals surface area contributed by atoms with Crippen molar-refractivity contribution in [2.75, 3.05) is 18.5 Å². The quantitative estimate of drug-likeness (QED) is 0.465. The Morgan fingerprint density at radius 1 is 1.25 bits per heavy atom. The molecule has 2 aliphatic rings. The third kappa shape index (κ3) is 4.15. The molecule has 1 fully saturated rings. The van der Waals surface area contributed by atoms with Crippen molar-refractivity contribution in [3.63, 3.8) is 0 Å². The molecule has 2 atom stereocenters. The lowest BCUT2D eigenvalue weighted by Crippen LogP contribution is -2.45. The van der Waals surface area contributed by atoms with Crippen molar-refractivity contribution in [1.29, 1.82) is 0 Å². The van der Waals surface area contributed by atoms with Crippen LogP contribution in [0.2, 0.25) is 5.02 Å². The van der Waals surface area contributed by atoms with Crippen LogP contribution < -0.4 is 10.6 Å². The van der Waals surface area contributed by atoms with E-state index >= 15 is 0 Å². The van der Waals surface area contributed by atoms with Crippen LogP contribution >= 0.6 is 11.6 Å². The first-order chi connectivity index (χ1) is 15.3. The maximum Gasteiger partial charge on any atom is 0.294 e. The first-order valence-corrected chi connectivity index (χ1v) is 10.7. The molecular weight excluding hydrogens is 441 g/mol. The summed E-state index contributed by atoms with van der Waals surface area (Å²) in [7, 11) is 0. The average Bonchev–Trinajstić information content (AvgIpc) is 3.29. The molecule has 0 bridgehead atoms. The number of amides is 2. The number of ketones is 1. The van der Waals surface area contributed by atoms with Crippen LogP contribution in [0.15, 0.2) is 18.2 Å². The third-order valence-corrected chi connectivity index (χ3v) is 6.14. The van der Waals surface area contributed by atoms with Gasteiger partial charge in [-0.15, -0.1) is 0 Å². The van der Waals surface area contributed by atoms with Crippen molar-refractivity contribution in [3.8, 4) is 0 Å². The Bertz CT molecular complexity index is 1100. The van der Waals surface area contributed by atoms with Crippen LogP contribution in [-0.2, 0) is 22.5 Å². The number of nitrogens with one attached hydrogen (secondary N) is 2. The minimum atomic E-state index is -0.877. The second-order valence-electron chi connectivity index (χ2n) is 8.00. The topological polar surface area (TPSA) is 110 Å². The molecule has 0 radical (unpaired) electrons. The number of carbonyl (C=O) groups excluding carboxylic acids is 3. The van der Waals surface area contributed by atoms with Gasteiger partial charge in [-0.1, -0.05) is 11.6 Å². The summed E-state index contributed by atoms with van der Waals surface area (Å²) in [4.78, 5) is 38.8. The fraction of sp³-hybridized carbons (Fsp3) is 0.409. The van der Waals surface area contributed by atoms with E-state index in [-0.39, 0.29) is 23.9 Å². The highest BCUT2D eigenvalue weighted by molar-refractivity contribution is 6.43. The maximum atomic E-state index is 13.4. The van der Waals surface area contributed by atoms with E-state index in [4.69, 9.17) is 16.3 Å². The van der Waals surface area contributed by atoms with E-state index in [1.807, 2.05) is 0 Å². The minimum absolute atomic E-state index is 0.0937. The molecule has 2 aliphatic heterocycles. The van der Waals surface area contributed by atoms with Crippen molar-refractivity contribution in [3.05, 3.63) is 51.6 Å². The molecule has 1 aromatic heterocycles. The Morgan fingerprint density at radius 2 is 2.03 bits per heavy atom. The van der Waals surface area contributed by atoms with Gasteiger partial charge in [-0.2, -0.15) is 0 Å². The highest BCUT2D eigenvalue weighted by Crippen LogP contribution is 2.30. The van der Waals surface area contributed by atoms with E-state index in [9.17, 15) is 23.9 Å². The SMILES string of the molecule is Cc1c(C(=O)Nc2ccc(F)c(Cl)c2)c2n(c1C(=O)C(=O)N[C@H]1COC[C@@H]1O)CCCC2.